The number of nitrogens with zero attached hydrogens (tertiary/aromatic N) is 2. The molecular formula is C14H22N2O. The molecule has 17 heavy (non-hydrogen) atoms. The van der Waals surface area contributed by atoms with Gasteiger partial charge in [0, 0.05) is 37.5 Å². The predicted octanol–water partition coefficient (Wildman–Crippen LogP) is 1.72. The number of aliphatic hydroxyl groups is 1. The molecule has 0 unspecified atom stereocenters. The largest absolute Gasteiger partial charge is 0.396 e. The van der Waals surface area contributed by atoms with Crippen LogP contribution in [0.15, 0.2) is 24.5 Å². The van der Waals surface area contributed by atoms with Gasteiger partial charge in [0.05, 0.1) is 0 Å². The number of rotatable bonds is 4. The van der Waals surface area contributed by atoms with Crippen molar-refractivity contribution in [1.82, 2.24) is 9.88 Å². The van der Waals surface area contributed by atoms with Crippen molar-refractivity contribution in [1.29, 1.82) is 0 Å². The van der Waals surface area contributed by atoms with Crippen LogP contribution < -0.4 is 0 Å². The van der Waals surface area contributed by atoms with Crippen LogP contribution in [0, 0.1) is 5.41 Å². The molecule has 0 saturated carbocycles. The topological polar surface area (TPSA) is 36.4 Å². The van der Waals surface area contributed by atoms with Gasteiger partial charge in [-0.1, -0.05) is 6.92 Å². The van der Waals surface area contributed by atoms with Gasteiger partial charge in [-0.05, 0) is 43.5 Å². The second kappa shape index (κ2) is 5.61. The number of piperidine rings is 1. The molecule has 3 nitrogen and oxygen atoms in total. The molecule has 2 heterocycles. The quantitative estimate of drug-likeness (QED) is 0.861. The minimum atomic E-state index is 0.108. The molecule has 0 bridgehead atoms. The van der Waals surface area contributed by atoms with Gasteiger partial charge in [-0.2, -0.15) is 0 Å². The summed E-state index contributed by atoms with van der Waals surface area (Å²) in [5, 5.41) is 9.42. The molecule has 1 aromatic rings. The summed E-state index contributed by atoms with van der Waals surface area (Å²) in [4.78, 5) is 6.50. The maximum Gasteiger partial charge on any atom is 0.0497 e. The molecule has 3 heteroatoms. The molecule has 0 radical (unpaired) electrons. The van der Waals surface area contributed by atoms with Gasteiger partial charge in [0.2, 0.25) is 0 Å². The van der Waals surface area contributed by atoms with Crippen LogP contribution in [0.25, 0.3) is 0 Å². The molecular weight excluding hydrogens is 212 g/mol. The van der Waals surface area contributed by atoms with Crippen LogP contribution in [0.1, 0.15) is 25.3 Å². The average Bonchev–Trinajstić information content (AvgIpc) is 2.38. The van der Waals surface area contributed by atoms with Crippen molar-refractivity contribution in [3.05, 3.63) is 30.1 Å². The predicted molar refractivity (Wildman–Crippen MR) is 68.8 cm³/mol. The van der Waals surface area contributed by atoms with E-state index in [9.17, 15) is 5.11 Å². The summed E-state index contributed by atoms with van der Waals surface area (Å²) in [6, 6.07) is 4.16. The minimum Gasteiger partial charge on any atom is -0.396 e. The van der Waals surface area contributed by atoms with Gasteiger partial charge in [-0.3, -0.25) is 4.98 Å². The van der Waals surface area contributed by atoms with Gasteiger partial charge in [0.25, 0.3) is 0 Å². The fraction of sp³-hybridized carbons (Fsp3) is 0.643. The Morgan fingerprint density at radius 2 is 2.18 bits per heavy atom. The van der Waals surface area contributed by atoms with E-state index in [1.807, 2.05) is 12.4 Å². The standard InChI is InChI=1S/C14H22N2O/c1-14(12-17)6-2-9-16(11-14)10-5-13-3-7-15-8-4-13/h3-4,7-8,17H,2,5-6,9-12H2,1H3/t14-/m1/s1. The normalized spacial score (nSPS) is 26.0. The van der Waals surface area contributed by atoms with E-state index in [4.69, 9.17) is 0 Å². The van der Waals surface area contributed by atoms with Gasteiger partial charge < -0.3 is 10.0 Å². The molecule has 0 aromatic carbocycles. The molecule has 0 aliphatic carbocycles. The Labute approximate surface area is 103 Å². The molecule has 0 amide bonds. The molecule has 1 aliphatic heterocycles. The van der Waals surface area contributed by atoms with Crippen molar-refractivity contribution in [3.63, 3.8) is 0 Å². The van der Waals surface area contributed by atoms with E-state index >= 15 is 0 Å². The maximum atomic E-state index is 9.42. The molecule has 1 saturated heterocycles. The summed E-state index contributed by atoms with van der Waals surface area (Å²) in [5.74, 6) is 0. The van der Waals surface area contributed by atoms with Gasteiger partial charge in [-0.25, -0.2) is 0 Å². The number of hydrogen-bond acceptors (Lipinski definition) is 3. The summed E-state index contributed by atoms with van der Waals surface area (Å²) in [5.41, 5.74) is 1.45. The van der Waals surface area contributed by atoms with E-state index in [-0.39, 0.29) is 5.41 Å². The zero-order chi connectivity index (χ0) is 12.1. The number of pyridine rings is 1. The highest BCUT2D eigenvalue weighted by molar-refractivity contribution is 5.10. The van der Waals surface area contributed by atoms with Crippen LogP contribution in [-0.2, 0) is 6.42 Å². The van der Waals surface area contributed by atoms with Crippen molar-refractivity contribution in [2.24, 2.45) is 5.41 Å². The first-order chi connectivity index (χ1) is 8.22. The van der Waals surface area contributed by atoms with Crippen LogP contribution in [0.4, 0.5) is 0 Å². The maximum absolute atomic E-state index is 9.42. The van der Waals surface area contributed by atoms with Crippen molar-refractivity contribution in [3.8, 4) is 0 Å². The fourth-order valence-electron chi connectivity index (χ4n) is 2.58. The lowest BCUT2D eigenvalue weighted by Crippen LogP contribution is -2.44. The van der Waals surface area contributed by atoms with Gasteiger partial charge in [-0.15, -0.1) is 0 Å². The van der Waals surface area contributed by atoms with E-state index in [0.717, 1.165) is 25.9 Å². The van der Waals surface area contributed by atoms with E-state index in [2.05, 4.69) is 28.9 Å². The molecule has 1 atom stereocenters. The zero-order valence-electron chi connectivity index (χ0n) is 10.6. The van der Waals surface area contributed by atoms with Gasteiger partial charge in [0.1, 0.15) is 0 Å². The van der Waals surface area contributed by atoms with E-state index in [0.29, 0.717) is 6.61 Å². The lowest BCUT2D eigenvalue weighted by molar-refractivity contribution is 0.0472. The third-order valence-electron chi connectivity index (χ3n) is 3.71. The first-order valence-electron chi connectivity index (χ1n) is 6.44. The summed E-state index contributed by atoms with van der Waals surface area (Å²) < 4.78 is 0. The van der Waals surface area contributed by atoms with Gasteiger partial charge >= 0.3 is 0 Å². The Hall–Kier alpha value is -0.930. The molecule has 1 aliphatic rings. The molecule has 1 N–H and O–H groups in total. The smallest absolute Gasteiger partial charge is 0.0497 e. The Bertz CT molecular complexity index is 341. The van der Waals surface area contributed by atoms with Crippen LogP contribution in [-0.4, -0.2) is 41.2 Å². The average molecular weight is 234 g/mol. The van der Waals surface area contributed by atoms with Crippen molar-refractivity contribution in [2.75, 3.05) is 26.2 Å². The molecule has 94 valence electrons. The Balaban J connectivity index is 1.83. The molecule has 1 fully saturated rings. The summed E-state index contributed by atoms with van der Waals surface area (Å²) >= 11 is 0. The van der Waals surface area contributed by atoms with Crippen LogP contribution >= 0.6 is 0 Å². The monoisotopic (exact) mass is 234 g/mol. The van der Waals surface area contributed by atoms with Gasteiger partial charge in [0.15, 0.2) is 0 Å². The summed E-state index contributed by atoms with van der Waals surface area (Å²) in [6.45, 7) is 5.76. The Morgan fingerprint density at radius 3 is 2.88 bits per heavy atom. The summed E-state index contributed by atoms with van der Waals surface area (Å²) in [6.07, 6.45) is 7.12. The first kappa shape index (κ1) is 12.5. The van der Waals surface area contributed by atoms with E-state index in [1.54, 1.807) is 0 Å². The summed E-state index contributed by atoms with van der Waals surface area (Å²) in [7, 11) is 0. The second-order valence-electron chi connectivity index (χ2n) is 5.45. The van der Waals surface area contributed by atoms with Crippen molar-refractivity contribution < 1.29 is 5.11 Å². The molecule has 2 rings (SSSR count). The number of aliphatic hydroxyl groups excluding tert-OH is 1. The van der Waals surface area contributed by atoms with Crippen molar-refractivity contribution >= 4 is 0 Å². The molecule has 1 aromatic heterocycles. The van der Waals surface area contributed by atoms with E-state index in [1.165, 1.54) is 18.5 Å². The lowest BCUT2D eigenvalue weighted by Gasteiger charge is -2.39. The van der Waals surface area contributed by atoms with Crippen LogP contribution in [0.5, 0.6) is 0 Å². The highest BCUT2D eigenvalue weighted by Crippen LogP contribution is 2.28. The highest BCUT2D eigenvalue weighted by atomic mass is 16.3. The number of aromatic nitrogens is 1. The van der Waals surface area contributed by atoms with E-state index < -0.39 is 0 Å². The first-order valence-corrected chi connectivity index (χ1v) is 6.44. The van der Waals surface area contributed by atoms with Crippen LogP contribution in [0.2, 0.25) is 0 Å². The Kier molecular flexibility index (Phi) is 4.13. The third kappa shape index (κ3) is 3.51. The number of likely N-dealkylation sites (tertiary alicyclic amines) is 1. The SMILES string of the molecule is C[C@@]1(CO)CCCN(CCc2ccncc2)C1. The fourth-order valence-corrected chi connectivity index (χ4v) is 2.58. The number of hydrogen-bond donors (Lipinski definition) is 1. The highest BCUT2D eigenvalue weighted by Gasteiger charge is 2.29. The lowest BCUT2D eigenvalue weighted by atomic mass is 9.83. The second-order valence-corrected chi connectivity index (χ2v) is 5.45. The molecule has 0 spiro atoms. The van der Waals surface area contributed by atoms with Crippen LogP contribution in [0.3, 0.4) is 0 Å². The zero-order valence-corrected chi connectivity index (χ0v) is 10.6. The van der Waals surface area contributed by atoms with Crippen molar-refractivity contribution in [2.45, 2.75) is 26.2 Å². The minimum absolute atomic E-state index is 0.108. The Morgan fingerprint density at radius 1 is 1.41 bits per heavy atom. The third-order valence-corrected chi connectivity index (χ3v) is 3.71.